The predicted molar refractivity (Wildman–Crippen MR) is 111 cm³/mol. The molecule has 132 valence electrons. The maximum absolute atomic E-state index is 3.82. The minimum Gasteiger partial charge on any atom is -0.317 e. The van der Waals surface area contributed by atoms with Gasteiger partial charge in [0.2, 0.25) is 0 Å². The predicted octanol–water partition coefficient (Wildman–Crippen LogP) is 4.52. The summed E-state index contributed by atoms with van der Waals surface area (Å²) in [7, 11) is 2.19. The zero-order valence-corrected chi connectivity index (χ0v) is 15.9. The summed E-state index contributed by atoms with van der Waals surface area (Å²) < 4.78 is 0. The highest BCUT2D eigenvalue weighted by Gasteiger charge is 1.99. The van der Waals surface area contributed by atoms with Crippen molar-refractivity contribution in [3.8, 4) is 0 Å². The maximum Gasteiger partial charge on any atom is 0.0230 e. The molecule has 0 atom stereocenters. The van der Waals surface area contributed by atoms with Gasteiger partial charge in [0.25, 0.3) is 0 Å². The SMILES string of the molecule is C=C/C=C(\C=C)CSCCCNCCCN(C)Cc1ccccc1. The Kier molecular flexibility index (Phi) is 12.2. The molecule has 0 unspecified atom stereocenters. The van der Waals surface area contributed by atoms with Gasteiger partial charge in [-0.3, -0.25) is 0 Å². The zero-order chi connectivity index (χ0) is 17.5. The van der Waals surface area contributed by atoms with E-state index >= 15 is 0 Å². The monoisotopic (exact) mass is 344 g/mol. The van der Waals surface area contributed by atoms with Crippen LogP contribution >= 0.6 is 11.8 Å². The van der Waals surface area contributed by atoms with Crippen molar-refractivity contribution < 1.29 is 0 Å². The molecule has 0 spiro atoms. The molecule has 0 radical (unpaired) electrons. The van der Waals surface area contributed by atoms with Crippen LogP contribution in [0.15, 0.2) is 67.3 Å². The highest BCUT2D eigenvalue weighted by atomic mass is 32.2. The number of thioether (sulfide) groups is 1. The Morgan fingerprint density at radius 2 is 1.92 bits per heavy atom. The fourth-order valence-corrected chi connectivity index (χ4v) is 3.33. The van der Waals surface area contributed by atoms with E-state index in [4.69, 9.17) is 0 Å². The van der Waals surface area contributed by atoms with E-state index in [1.54, 1.807) is 0 Å². The molecule has 0 aliphatic heterocycles. The first kappa shape index (κ1) is 20.8. The standard InChI is InChI=1S/C21H32N2S/c1-4-11-20(5-2)19-24-17-10-15-22-14-9-16-23(3)18-21-12-7-6-8-13-21/h4-8,11-13,22H,1-2,9-10,14-19H2,3H3/b20-11+. The first-order valence-electron chi connectivity index (χ1n) is 8.71. The van der Waals surface area contributed by atoms with Crippen LogP contribution in [0.3, 0.4) is 0 Å². The summed E-state index contributed by atoms with van der Waals surface area (Å²) in [5, 5.41) is 3.54. The molecule has 0 saturated heterocycles. The largest absolute Gasteiger partial charge is 0.317 e. The van der Waals surface area contributed by atoms with Crippen LogP contribution in [0.1, 0.15) is 18.4 Å². The summed E-state index contributed by atoms with van der Waals surface area (Å²) in [6, 6.07) is 10.7. The second-order valence-corrected chi connectivity index (χ2v) is 7.02. The summed E-state index contributed by atoms with van der Waals surface area (Å²) in [5.41, 5.74) is 2.64. The quantitative estimate of drug-likeness (QED) is 0.394. The van der Waals surface area contributed by atoms with Crippen molar-refractivity contribution in [3.05, 3.63) is 72.9 Å². The smallest absolute Gasteiger partial charge is 0.0230 e. The maximum atomic E-state index is 3.82. The van der Waals surface area contributed by atoms with Gasteiger partial charge in [0.15, 0.2) is 0 Å². The third kappa shape index (κ3) is 10.5. The molecule has 0 fully saturated rings. The molecule has 3 heteroatoms. The van der Waals surface area contributed by atoms with E-state index < -0.39 is 0 Å². The van der Waals surface area contributed by atoms with E-state index in [0.717, 1.165) is 31.9 Å². The van der Waals surface area contributed by atoms with Gasteiger partial charge >= 0.3 is 0 Å². The molecule has 0 aromatic heterocycles. The lowest BCUT2D eigenvalue weighted by Gasteiger charge is -2.16. The number of nitrogens with one attached hydrogen (secondary N) is 1. The van der Waals surface area contributed by atoms with Crippen LogP contribution in [0.5, 0.6) is 0 Å². The van der Waals surface area contributed by atoms with E-state index in [1.807, 2.05) is 30.0 Å². The van der Waals surface area contributed by atoms with Crippen LogP contribution in [0, 0.1) is 0 Å². The van der Waals surface area contributed by atoms with Crippen LogP contribution in [-0.2, 0) is 6.54 Å². The van der Waals surface area contributed by atoms with Crippen LogP contribution in [0.25, 0.3) is 0 Å². The molecule has 0 aliphatic rings. The lowest BCUT2D eigenvalue weighted by molar-refractivity contribution is 0.320. The molecule has 2 nitrogen and oxygen atoms in total. The van der Waals surface area contributed by atoms with Crippen LogP contribution in [-0.4, -0.2) is 43.1 Å². The van der Waals surface area contributed by atoms with Gasteiger partial charge < -0.3 is 10.2 Å². The summed E-state index contributed by atoms with van der Waals surface area (Å²) in [5.74, 6) is 2.21. The van der Waals surface area contributed by atoms with Gasteiger partial charge in [0, 0.05) is 12.3 Å². The van der Waals surface area contributed by atoms with Gasteiger partial charge in [-0.05, 0) is 56.4 Å². The van der Waals surface area contributed by atoms with Crippen molar-refractivity contribution in [1.29, 1.82) is 0 Å². The second kappa shape index (κ2) is 14.1. The van der Waals surface area contributed by atoms with Gasteiger partial charge in [-0.1, -0.05) is 61.7 Å². The Morgan fingerprint density at radius 1 is 1.17 bits per heavy atom. The topological polar surface area (TPSA) is 15.3 Å². The Bertz CT molecular complexity index is 482. The van der Waals surface area contributed by atoms with Crippen molar-refractivity contribution in [2.75, 3.05) is 38.2 Å². The average molecular weight is 345 g/mol. The number of rotatable bonds is 14. The molecule has 0 bridgehead atoms. The van der Waals surface area contributed by atoms with E-state index in [2.05, 4.69) is 60.8 Å². The van der Waals surface area contributed by atoms with Gasteiger partial charge in [0.05, 0.1) is 0 Å². The summed E-state index contributed by atoms with van der Waals surface area (Å²) >= 11 is 1.96. The van der Waals surface area contributed by atoms with Gasteiger partial charge in [-0.15, -0.1) is 0 Å². The van der Waals surface area contributed by atoms with Crippen molar-refractivity contribution in [2.24, 2.45) is 0 Å². The highest BCUT2D eigenvalue weighted by molar-refractivity contribution is 7.99. The van der Waals surface area contributed by atoms with E-state index in [0.29, 0.717) is 0 Å². The van der Waals surface area contributed by atoms with Crippen molar-refractivity contribution in [3.63, 3.8) is 0 Å². The van der Waals surface area contributed by atoms with Crippen LogP contribution in [0.4, 0.5) is 0 Å². The fourth-order valence-electron chi connectivity index (χ4n) is 2.39. The summed E-state index contributed by atoms with van der Waals surface area (Å²) in [4.78, 5) is 2.38. The minimum absolute atomic E-state index is 1.03. The Labute approximate surface area is 152 Å². The van der Waals surface area contributed by atoms with Crippen LogP contribution in [0.2, 0.25) is 0 Å². The number of hydrogen-bond donors (Lipinski definition) is 1. The molecule has 1 aromatic rings. The van der Waals surface area contributed by atoms with Crippen molar-refractivity contribution in [2.45, 2.75) is 19.4 Å². The molecule has 0 heterocycles. The Morgan fingerprint density at radius 3 is 2.62 bits per heavy atom. The number of nitrogens with zero attached hydrogens (tertiary/aromatic N) is 1. The molecular formula is C21H32N2S. The molecular weight excluding hydrogens is 312 g/mol. The first-order valence-corrected chi connectivity index (χ1v) is 9.86. The number of hydrogen-bond acceptors (Lipinski definition) is 3. The summed E-state index contributed by atoms with van der Waals surface area (Å²) in [6.45, 7) is 11.9. The molecule has 0 aliphatic carbocycles. The van der Waals surface area contributed by atoms with Gasteiger partial charge in [0.1, 0.15) is 0 Å². The third-order valence-corrected chi connectivity index (χ3v) is 4.81. The molecule has 0 amide bonds. The molecule has 0 saturated carbocycles. The lowest BCUT2D eigenvalue weighted by atomic mass is 10.2. The van der Waals surface area contributed by atoms with Crippen molar-refractivity contribution in [1.82, 2.24) is 10.2 Å². The zero-order valence-electron chi connectivity index (χ0n) is 15.0. The van der Waals surface area contributed by atoms with Gasteiger partial charge in [-0.2, -0.15) is 11.8 Å². The molecule has 1 N–H and O–H groups in total. The average Bonchev–Trinajstić information content (AvgIpc) is 2.60. The van der Waals surface area contributed by atoms with E-state index in [1.165, 1.54) is 29.7 Å². The Balaban J connectivity index is 1.94. The van der Waals surface area contributed by atoms with E-state index in [-0.39, 0.29) is 0 Å². The number of allylic oxidation sites excluding steroid dienone is 3. The van der Waals surface area contributed by atoms with Crippen molar-refractivity contribution >= 4 is 11.8 Å². The van der Waals surface area contributed by atoms with Crippen LogP contribution < -0.4 is 5.32 Å². The first-order chi connectivity index (χ1) is 11.8. The fraction of sp³-hybridized carbons (Fsp3) is 0.429. The van der Waals surface area contributed by atoms with Gasteiger partial charge in [-0.25, -0.2) is 0 Å². The molecule has 1 rings (SSSR count). The molecule has 1 aromatic carbocycles. The summed E-state index contributed by atoms with van der Waals surface area (Å²) in [6.07, 6.45) is 8.18. The highest BCUT2D eigenvalue weighted by Crippen LogP contribution is 2.09. The third-order valence-electron chi connectivity index (χ3n) is 3.69. The normalized spacial score (nSPS) is 11.7. The minimum atomic E-state index is 1.03. The molecule has 24 heavy (non-hydrogen) atoms. The number of benzene rings is 1. The lowest BCUT2D eigenvalue weighted by Crippen LogP contribution is -2.24. The Hall–Kier alpha value is -1.29. The second-order valence-electron chi connectivity index (χ2n) is 5.91. The van der Waals surface area contributed by atoms with E-state index in [9.17, 15) is 0 Å².